The number of hydrogen-bond donors (Lipinski definition) is 1. The number of unbranched alkanes of at least 4 members (excludes halogenated alkanes) is 34. The van der Waals surface area contributed by atoms with Crippen LogP contribution in [0.3, 0.4) is 0 Å². The number of esters is 2. The lowest BCUT2D eigenvalue weighted by atomic mass is 10.0. The van der Waals surface area contributed by atoms with Gasteiger partial charge in [0.25, 0.3) is 0 Å². The van der Waals surface area contributed by atoms with Gasteiger partial charge in [-0.3, -0.25) is 9.59 Å². The summed E-state index contributed by atoms with van der Waals surface area (Å²) in [6, 6.07) is -0.608. The molecule has 0 aromatic carbocycles. The monoisotopic (exact) mass is 853 g/mol. The number of nitrogens with zero attached hydrogens (tertiary/aromatic N) is 1. The van der Waals surface area contributed by atoms with E-state index in [9.17, 15) is 19.5 Å². The SMILES string of the molecule is CCCCCCCCCCCCCCCCCCCCCCCCC(=O)OCC(COCCC(C(=O)O)[N+](C)(C)C)OC(=O)CCCCCCCCCCCCCCCC. The van der Waals surface area contributed by atoms with Crippen molar-refractivity contribution < 1.29 is 38.2 Å². The van der Waals surface area contributed by atoms with E-state index in [1.54, 1.807) is 0 Å². The summed E-state index contributed by atoms with van der Waals surface area (Å²) in [4.78, 5) is 37.1. The van der Waals surface area contributed by atoms with Gasteiger partial charge in [0.2, 0.25) is 0 Å². The molecule has 0 saturated carbocycles. The molecule has 8 heteroatoms. The molecule has 2 unspecified atom stereocenters. The topological polar surface area (TPSA) is 99.1 Å². The van der Waals surface area contributed by atoms with Gasteiger partial charge in [-0.05, 0) is 12.8 Å². The molecule has 0 heterocycles. The van der Waals surface area contributed by atoms with Crippen LogP contribution in [0.5, 0.6) is 0 Å². The van der Waals surface area contributed by atoms with Crippen molar-refractivity contribution in [3.8, 4) is 0 Å². The summed E-state index contributed by atoms with van der Waals surface area (Å²) in [5.41, 5.74) is 0. The first-order chi connectivity index (χ1) is 29.1. The molecule has 0 aliphatic heterocycles. The van der Waals surface area contributed by atoms with Crippen LogP contribution in [0.15, 0.2) is 0 Å². The van der Waals surface area contributed by atoms with E-state index in [0.29, 0.717) is 19.3 Å². The van der Waals surface area contributed by atoms with Gasteiger partial charge in [0.05, 0.1) is 34.4 Å². The Morgan fingerprint density at radius 3 is 1.03 bits per heavy atom. The van der Waals surface area contributed by atoms with Gasteiger partial charge in [-0.15, -0.1) is 0 Å². The largest absolute Gasteiger partial charge is 0.477 e. The van der Waals surface area contributed by atoms with Crippen LogP contribution in [0, 0.1) is 0 Å². The lowest BCUT2D eigenvalue weighted by molar-refractivity contribution is -0.887. The van der Waals surface area contributed by atoms with Crippen molar-refractivity contribution in [2.75, 3.05) is 41.0 Å². The Bertz CT molecular complexity index is 951. The van der Waals surface area contributed by atoms with E-state index < -0.39 is 18.1 Å². The Hall–Kier alpha value is -1.67. The molecule has 0 fully saturated rings. The Balaban J connectivity index is 4.13. The van der Waals surface area contributed by atoms with Crippen molar-refractivity contribution in [3.05, 3.63) is 0 Å². The van der Waals surface area contributed by atoms with Crippen molar-refractivity contribution in [1.82, 2.24) is 0 Å². The van der Waals surface area contributed by atoms with Crippen molar-refractivity contribution in [3.63, 3.8) is 0 Å². The number of rotatable bonds is 48. The summed E-state index contributed by atoms with van der Waals surface area (Å²) < 4.78 is 17.4. The summed E-state index contributed by atoms with van der Waals surface area (Å²) in [5, 5.41) is 9.64. The summed E-state index contributed by atoms with van der Waals surface area (Å²) in [6.07, 6.45) is 47.2. The smallest absolute Gasteiger partial charge is 0.362 e. The molecule has 0 radical (unpaired) electrons. The van der Waals surface area contributed by atoms with Crippen LogP contribution < -0.4 is 0 Å². The zero-order chi connectivity index (χ0) is 44.2. The minimum atomic E-state index is -0.869. The number of aliphatic carboxylic acids is 1. The Kier molecular flexibility index (Phi) is 42.7. The van der Waals surface area contributed by atoms with E-state index in [-0.39, 0.29) is 36.2 Å². The second-order valence-corrected chi connectivity index (χ2v) is 19.1. The highest BCUT2D eigenvalue weighted by Crippen LogP contribution is 2.17. The van der Waals surface area contributed by atoms with E-state index in [2.05, 4.69) is 13.8 Å². The van der Waals surface area contributed by atoms with E-state index in [4.69, 9.17) is 14.2 Å². The molecule has 1 N–H and O–H groups in total. The number of quaternary nitrogens is 1. The fourth-order valence-electron chi connectivity index (χ4n) is 8.21. The predicted octanol–water partition coefficient (Wildman–Crippen LogP) is 14.9. The number of likely N-dealkylation sites (N-methyl/N-ethyl adjacent to an activating group) is 1. The average molecular weight is 853 g/mol. The second-order valence-electron chi connectivity index (χ2n) is 19.1. The molecule has 0 aromatic rings. The third-order valence-corrected chi connectivity index (χ3v) is 12.3. The van der Waals surface area contributed by atoms with Crippen LogP contribution in [-0.4, -0.2) is 80.6 Å². The van der Waals surface area contributed by atoms with Gasteiger partial charge in [-0.2, -0.15) is 0 Å². The molecule has 8 nitrogen and oxygen atoms in total. The number of carboxylic acid groups (broad SMARTS) is 1. The minimum absolute atomic E-state index is 0.0414. The van der Waals surface area contributed by atoms with Crippen molar-refractivity contribution >= 4 is 17.9 Å². The van der Waals surface area contributed by atoms with Gasteiger partial charge in [-0.25, -0.2) is 4.79 Å². The van der Waals surface area contributed by atoms with Crippen LogP contribution in [-0.2, 0) is 28.6 Å². The first kappa shape index (κ1) is 58.3. The van der Waals surface area contributed by atoms with Crippen LogP contribution in [0.4, 0.5) is 0 Å². The standard InChI is InChI=1S/C52H101NO7/c1-6-8-10-12-14-16-18-20-22-23-24-25-26-27-28-29-31-32-34-36-38-40-42-50(54)59-47-48(46-58-45-44-49(52(56)57)53(3,4)5)60-51(55)43-41-39-37-35-33-30-21-19-17-15-13-11-9-7-2/h48-49H,6-47H2,1-5H3/p+1. The maximum atomic E-state index is 12.8. The quantitative estimate of drug-likeness (QED) is 0.0370. The zero-order valence-corrected chi connectivity index (χ0v) is 40.7. The lowest BCUT2D eigenvalue weighted by Gasteiger charge is -2.31. The predicted molar refractivity (Wildman–Crippen MR) is 253 cm³/mol. The summed E-state index contributed by atoms with van der Waals surface area (Å²) in [6.45, 7) is 4.80. The lowest BCUT2D eigenvalue weighted by Crippen LogP contribution is -2.50. The minimum Gasteiger partial charge on any atom is -0.477 e. The molecule has 60 heavy (non-hydrogen) atoms. The highest BCUT2D eigenvalue weighted by Gasteiger charge is 2.31. The Labute approximate surface area is 372 Å². The Morgan fingerprint density at radius 2 is 0.733 bits per heavy atom. The van der Waals surface area contributed by atoms with Crippen molar-refractivity contribution in [1.29, 1.82) is 0 Å². The number of hydrogen-bond acceptors (Lipinski definition) is 6. The van der Waals surface area contributed by atoms with E-state index in [1.807, 2.05) is 21.1 Å². The molecule has 0 spiro atoms. The van der Waals surface area contributed by atoms with Gasteiger partial charge in [0.15, 0.2) is 12.1 Å². The number of carboxylic acids is 1. The van der Waals surface area contributed by atoms with Gasteiger partial charge >= 0.3 is 17.9 Å². The summed E-state index contributed by atoms with van der Waals surface area (Å²) in [7, 11) is 5.55. The van der Waals surface area contributed by atoms with E-state index in [1.165, 1.54) is 193 Å². The van der Waals surface area contributed by atoms with Crippen LogP contribution in [0.25, 0.3) is 0 Å². The van der Waals surface area contributed by atoms with Crippen molar-refractivity contribution in [2.45, 2.75) is 276 Å². The van der Waals surface area contributed by atoms with Crippen molar-refractivity contribution in [2.24, 2.45) is 0 Å². The van der Waals surface area contributed by atoms with Gasteiger partial charge in [0.1, 0.15) is 6.61 Å². The summed E-state index contributed by atoms with van der Waals surface area (Å²) in [5.74, 6) is -1.44. The highest BCUT2D eigenvalue weighted by atomic mass is 16.6. The molecule has 0 aliphatic carbocycles. The first-order valence-electron chi connectivity index (χ1n) is 26.1. The van der Waals surface area contributed by atoms with Crippen LogP contribution in [0.1, 0.15) is 264 Å². The van der Waals surface area contributed by atoms with Crippen LogP contribution >= 0.6 is 0 Å². The highest BCUT2D eigenvalue weighted by molar-refractivity contribution is 5.72. The first-order valence-corrected chi connectivity index (χ1v) is 26.1. The maximum Gasteiger partial charge on any atom is 0.362 e. The zero-order valence-electron chi connectivity index (χ0n) is 40.7. The fourth-order valence-corrected chi connectivity index (χ4v) is 8.21. The molecule has 0 aromatic heterocycles. The van der Waals surface area contributed by atoms with E-state index in [0.717, 1.165) is 38.5 Å². The molecule has 0 rings (SSSR count). The maximum absolute atomic E-state index is 12.8. The molecule has 0 bridgehead atoms. The molecule has 0 amide bonds. The Morgan fingerprint density at radius 1 is 0.433 bits per heavy atom. The number of carbonyl (C=O) groups is 3. The number of ether oxygens (including phenoxy) is 3. The molecular formula is C52H102NO7+. The molecule has 0 saturated heterocycles. The molecular weight excluding hydrogens is 751 g/mol. The third-order valence-electron chi connectivity index (χ3n) is 12.3. The third kappa shape index (κ3) is 41.7. The van der Waals surface area contributed by atoms with E-state index >= 15 is 0 Å². The fraction of sp³-hybridized carbons (Fsp3) is 0.942. The molecule has 0 aliphatic rings. The van der Waals surface area contributed by atoms with Gasteiger partial charge < -0.3 is 23.8 Å². The van der Waals surface area contributed by atoms with Gasteiger partial charge in [0, 0.05) is 19.3 Å². The molecule has 356 valence electrons. The molecule has 2 atom stereocenters. The average Bonchev–Trinajstić information content (AvgIpc) is 3.21. The second kappa shape index (κ2) is 44.0. The number of carbonyl (C=O) groups excluding carboxylic acids is 2. The normalized spacial score (nSPS) is 12.8. The van der Waals surface area contributed by atoms with Gasteiger partial charge in [-0.1, -0.05) is 232 Å². The van der Waals surface area contributed by atoms with Crippen LogP contribution in [0.2, 0.25) is 0 Å². The summed E-state index contributed by atoms with van der Waals surface area (Å²) >= 11 is 0.